The van der Waals surface area contributed by atoms with E-state index in [-0.39, 0.29) is 12.4 Å². The predicted octanol–water partition coefficient (Wildman–Crippen LogP) is 2.18. The standard InChI is InChI=1S/C8H8N2S.ClH/c9-4-6-2-1-3-7-8(6)10-5-11-7;/h1-3,5H,4,9H2;1H. The van der Waals surface area contributed by atoms with Crippen LogP contribution in [-0.2, 0) is 6.54 Å². The number of para-hydroxylation sites is 1. The zero-order chi connectivity index (χ0) is 7.68. The van der Waals surface area contributed by atoms with Crippen molar-refractivity contribution in [3.05, 3.63) is 29.3 Å². The molecule has 0 spiro atoms. The van der Waals surface area contributed by atoms with E-state index in [1.165, 1.54) is 4.70 Å². The number of hydrogen-bond acceptors (Lipinski definition) is 3. The lowest BCUT2D eigenvalue weighted by Crippen LogP contribution is -1.96. The van der Waals surface area contributed by atoms with Crippen molar-refractivity contribution in [2.75, 3.05) is 0 Å². The average molecular weight is 201 g/mol. The van der Waals surface area contributed by atoms with Gasteiger partial charge in [0.05, 0.1) is 15.7 Å². The SMILES string of the molecule is Cl.NCc1cccc2scnc12. The molecular formula is C8H9ClN2S. The van der Waals surface area contributed by atoms with E-state index in [0.29, 0.717) is 6.54 Å². The van der Waals surface area contributed by atoms with Crippen LogP contribution in [-0.4, -0.2) is 4.98 Å². The summed E-state index contributed by atoms with van der Waals surface area (Å²) in [6.45, 7) is 0.571. The van der Waals surface area contributed by atoms with Crippen molar-refractivity contribution in [3.63, 3.8) is 0 Å². The molecule has 0 fully saturated rings. The first kappa shape index (κ1) is 9.45. The van der Waals surface area contributed by atoms with E-state index in [2.05, 4.69) is 11.1 Å². The number of hydrogen-bond donors (Lipinski definition) is 1. The Labute approximate surface area is 80.8 Å². The van der Waals surface area contributed by atoms with Gasteiger partial charge in [-0.1, -0.05) is 12.1 Å². The molecule has 2 N–H and O–H groups in total. The molecule has 2 nitrogen and oxygen atoms in total. The van der Waals surface area contributed by atoms with Crippen LogP contribution in [0, 0.1) is 0 Å². The molecule has 0 saturated carbocycles. The largest absolute Gasteiger partial charge is 0.326 e. The number of halogens is 1. The molecule has 1 aromatic heterocycles. The monoisotopic (exact) mass is 200 g/mol. The molecule has 1 aromatic carbocycles. The van der Waals surface area contributed by atoms with Gasteiger partial charge in [-0.15, -0.1) is 23.7 Å². The summed E-state index contributed by atoms with van der Waals surface area (Å²) in [4.78, 5) is 4.23. The molecule has 0 aliphatic rings. The lowest BCUT2D eigenvalue weighted by atomic mass is 10.2. The van der Waals surface area contributed by atoms with Gasteiger partial charge in [-0.05, 0) is 11.6 Å². The zero-order valence-electron chi connectivity index (χ0n) is 6.36. The van der Waals surface area contributed by atoms with Crippen molar-refractivity contribution in [1.29, 1.82) is 0 Å². The van der Waals surface area contributed by atoms with E-state index in [0.717, 1.165) is 11.1 Å². The van der Waals surface area contributed by atoms with Gasteiger partial charge in [-0.25, -0.2) is 4.98 Å². The second-order valence-electron chi connectivity index (χ2n) is 2.32. The summed E-state index contributed by atoms with van der Waals surface area (Å²) < 4.78 is 1.22. The smallest absolute Gasteiger partial charge is 0.0856 e. The number of aromatic nitrogens is 1. The number of benzene rings is 1. The van der Waals surface area contributed by atoms with Crippen LogP contribution in [0.2, 0.25) is 0 Å². The van der Waals surface area contributed by atoms with E-state index in [1.54, 1.807) is 11.3 Å². The highest BCUT2D eigenvalue weighted by atomic mass is 35.5. The fourth-order valence-electron chi connectivity index (χ4n) is 1.11. The van der Waals surface area contributed by atoms with Crippen LogP contribution in [0.1, 0.15) is 5.56 Å². The van der Waals surface area contributed by atoms with Gasteiger partial charge in [0.1, 0.15) is 0 Å². The quantitative estimate of drug-likeness (QED) is 0.767. The molecule has 64 valence electrons. The van der Waals surface area contributed by atoms with Crippen molar-refractivity contribution >= 4 is 34.0 Å². The fourth-order valence-corrected chi connectivity index (χ4v) is 1.83. The summed E-state index contributed by atoms with van der Waals surface area (Å²) in [5.74, 6) is 0. The summed E-state index contributed by atoms with van der Waals surface area (Å²) in [5.41, 5.74) is 9.57. The molecule has 0 radical (unpaired) electrons. The van der Waals surface area contributed by atoms with Gasteiger partial charge in [-0.3, -0.25) is 0 Å². The van der Waals surface area contributed by atoms with E-state index in [4.69, 9.17) is 5.73 Å². The number of fused-ring (bicyclic) bond motifs is 1. The Morgan fingerprint density at radius 2 is 2.25 bits per heavy atom. The molecule has 2 aromatic rings. The lowest BCUT2D eigenvalue weighted by Gasteiger charge is -1.95. The Balaban J connectivity index is 0.000000720. The van der Waals surface area contributed by atoms with E-state index < -0.39 is 0 Å². The van der Waals surface area contributed by atoms with Crippen molar-refractivity contribution in [1.82, 2.24) is 4.98 Å². The maximum Gasteiger partial charge on any atom is 0.0856 e. The first-order valence-electron chi connectivity index (χ1n) is 3.43. The van der Waals surface area contributed by atoms with Crippen molar-refractivity contribution in [2.45, 2.75) is 6.54 Å². The van der Waals surface area contributed by atoms with Crippen LogP contribution in [0.3, 0.4) is 0 Å². The fraction of sp³-hybridized carbons (Fsp3) is 0.125. The molecule has 0 aliphatic carbocycles. The van der Waals surface area contributed by atoms with Gasteiger partial charge < -0.3 is 5.73 Å². The highest BCUT2D eigenvalue weighted by molar-refractivity contribution is 7.16. The number of rotatable bonds is 1. The highest BCUT2D eigenvalue weighted by Gasteiger charge is 1.99. The molecule has 4 heteroatoms. The third kappa shape index (κ3) is 1.43. The number of nitrogens with two attached hydrogens (primary N) is 1. The maximum absolute atomic E-state index is 5.54. The van der Waals surface area contributed by atoms with Crippen LogP contribution < -0.4 is 5.73 Å². The van der Waals surface area contributed by atoms with Gasteiger partial charge in [0.25, 0.3) is 0 Å². The Morgan fingerprint density at radius 3 is 3.00 bits per heavy atom. The molecule has 0 atom stereocenters. The van der Waals surface area contributed by atoms with Gasteiger partial charge >= 0.3 is 0 Å². The summed E-state index contributed by atoms with van der Waals surface area (Å²) >= 11 is 1.65. The molecule has 1 heterocycles. The highest BCUT2D eigenvalue weighted by Crippen LogP contribution is 2.20. The topological polar surface area (TPSA) is 38.9 Å². The molecule has 0 saturated heterocycles. The van der Waals surface area contributed by atoms with Crippen LogP contribution in [0.25, 0.3) is 10.2 Å². The minimum Gasteiger partial charge on any atom is -0.326 e. The minimum absolute atomic E-state index is 0. The van der Waals surface area contributed by atoms with Crippen LogP contribution in [0.5, 0.6) is 0 Å². The lowest BCUT2D eigenvalue weighted by molar-refractivity contribution is 1.08. The van der Waals surface area contributed by atoms with Gasteiger partial charge in [-0.2, -0.15) is 0 Å². The Kier molecular flexibility index (Phi) is 3.03. The molecule has 2 rings (SSSR count). The third-order valence-corrected chi connectivity index (χ3v) is 2.46. The zero-order valence-corrected chi connectivity index (χ0v) is 7.99. The minimum atomic E-state index is 0. The van der Waals surface area contributed by atoms with Crippen LogP contribution in [0.4, 0.5) is 0 Å². The van der Waals surface area contributed by atoms with Crippen molar-refractivity contribution in [3.8, 4) is 0 Å². The van der Waals surface area contributed by atoms with Crippen molar-refractivity contribution in [2.24, 2.45) is 5.73 Å². The number of nitrogens with zero attached hydrogens (tertiary/aromatic N) is 1. The Morgan fingerprint density at radius 1 is 1.42 bits per heavy atom. The van der Waals surface area contributed by atoms with Crippen LogP contribution >= 0.6 is 23.7 Å². The summed E-state index contributed by atoms with van der Waals surface area (Å²) in [5, 5.41) is 0. The van der Waals surface area contributed by atoms with Crippen molar-refractivity contribution < 1.29 is 0 Å². The third-order valence-electron chi connectivity index (χ3n) is 1.66. The van der Waals surface area contributed by atoms with E-state index in [9.17, 15) is 0 Å². The van der Waals surface area contributed by atoms with Gasteiger partial charge in [0, 0.05) is 6.54 Å². The maximum atomic E-state index is 5.54. The Bertz CT molecular complexity index is 372. The normalized spacial score (nSPS) is 9.75. The summed E-state index contributed by atoms with van der Waals surface area (Å²) in [6, 6.07) is 6.09. The number of thiazole rings is 1. The average Bonchev–Trinajstić information content (AvgIpc) is 2.50. The summed E-state index contributed by atoms with van der Waals surface area (Å²) in [6.07, 6.45) is 0. The molecule has 0 aliphatic heterocycles. The van der Waals surface area contributed by atoms with E-state index >= 15 is 0 Å². The van der Waals surface area contributed by atoms with E-state index in [1.807, 2.05) is 17.6 Å². The first-order valence-corrected chi connectivity index (χ1v) is 4.31. The molecule has 0 amide bonds. The molecular weight excluding hydrogens is 192 g/mol. The second-order valence-corrected chi connectivity index (χ2v) is 3.21. The Hall–Kier alpha value is -0.640. The van der Waals surface area contributed by atoms with Gasteiger partial charge in [0.2, 0.25) is 0 Å². The second kappa shape index (κ2) is 3.85. The first-order chi connectivity index (χ1) is 5.42. The van der Waals surface area contributed by atoms with Crippen LogP contribution in [0.15, 0.2) is 23.7 Å². The molecule has 0 unspecified atom stereocenters. The summed E-state index contributed by atoms with van der Waals surface area (Å²) in [7, 11) is 0. The predicted molar refractivity (Wildman–Crippen MR) is 54.8 cm³/mol. The van der Waals surface area contributed by atoms with Gasteiger partial charge in [0.15, 0.2) is 0 Å². The molecule has 0 bridgehead atoms. The molecule has 12 heavy (non-hydrogen) atoms.